The first-order chi connectivity index (χ1) is 11.8. The van der Waals surface area contributed by atoms with Crippen molar-refractivity contribution in [2.75, 3.05) is 26.2 Å². The Labute approximate surface area is 142 Å². The summed E-state index contributed by atoms with van der Waals surface area (Å²) in [6, 6.07) is 14.5. The molecule has 4 rings (SSSR count). The lowest BCUT2D eigenvalue weighted by atomic mass is 10.2. The Morgan fingerprint density at radius 2 is 1.58 bits per heavy atom. The maximum atomic E-state index is 4.79. The quantitative estimate of drug-likeness (QED) is 0.739. The molecule has 0 aliphatic carbocycles. The van der Waals surface area contributed by atoms with Gasteiger partial charge in [0.15, 0.2) is 0 Å². The van der Waals surface area contributed by atoms with Crippen LogP contribution in [0.1, 0.15) is 11.5 Å². The van der Waals surface area contributed by atoms with Crippen LogP contribution in [0, 0.1) is 0 Å². The van der Waals surface area contributed by atoms with Gasteiger partial charge in [-0.2, -0.15) is 0 Å². The molecule has 1 fully saturated rings. The zero-order valence-corrected chi connectivity index (χ0v) is 14.1. The summed E-state index contributed by atoms with van der Waals surface area (Å²) in [4.78, 5) is 14.2. The van der Waals surface area contributed by atoms with Crippen molar-refractivity contribution in [3.05, 3.63) is 60.2 Å². The lowest BCUT2D eigenvalue weighted by molar-refractivity contribution is 0.118. The molecular formula is C19H23N5. The Hall–Kier alpha value is -2.24. The number of pyridine rings is 1. The van der Waals surface area contributed by atoms with E-state index in [2.05, 4.69) is 62.8 Å². The van der Waals surface area contributed by atoms with Gasteiger partial charge in [0, 0.05) is 46.0 Å². The largest absolute Gasteiger partial charge is 0.330 e. The van der Waals surface area contributed by atoms with Gasteiger partial charge < -0.3 is 4.57 Å². The molecule has 24 heavy (non-hydrogen) atoms. The van der Waals surface area contributed by atoms with Crippen LogP contribution in [0.5, 0.6) is 0 Å². The predicted octanol–water partition coefficient (Wildman–Crippen LogP) is 2.29. The summed E-state index contributed by atoms with van der Waals surface area (Å²) < 4.78 is 2.22. The maximum Gasteiger partial charge on any atom is 0.123 e. The van der Waals surface area contributed by atoms with Gasteiger partial charge in [-0.05, 0) is 24.3 Å². The van der Waals surface area contributed by atoms with Crippen molar-refractivity contribution in [2.24, 2.45) is 7.05 Å². The summed E-state index contributed by atoms with van der Waals surface area (Å²) in [6.07, 6.45) is 1.87. The highest BCUT2D eigenvalue weighted by molar-refractivity contribution is 5.75. The van der Waals surface area contributed by atoms with Crippen LogP contribution < -0.4 is 0 Å². The van der Waals surface area contributed by atoms with Crippen LogP contribution in [0.3, 0.4) is 0 Å². The molecule has 0 bridgehead atoms. The van der Waals surface area contributed by atoms with Crippen LogP contribution >= 0.6 is 0 Å². The molecule has 3 aromatic rings. The molecule has 1 aliphatic heterocycles. The van der Waals surface area contributed by atoms with E-state index in [0.29, 0.717) is 0 Å². The third kappa shape index (κ3) is 3.18. The summed E-state index contributed by atoms with van der Waals surface area (Å²) in [5, 5.41) is 0. The minimum absolute atomic E-state index is 0.919. The number of aromatic nitrogens is 3. The fourth-order valence-electron chi connectivity index (χ4n) is 3.36. The Kier molecular flexibility index (Phi) is 4.28. The van der Waals surface area contributed by atoms with Crippen molar-refractivity contribution in [3.8, 4) is 0 Å². The van der Waals surface area contributed by atoms with Crippen LogP contribution in [0.25, 0.3) is 11.0 Å². The molecule has 1 saturated heterocycles. The predicted molar refractivity (Wildman–Crippen MR) is 95.5 cm³/mol. The number of nitrogens with zero attached hydrogens (tertiary/aromatic N) is 5. The van der Waals surface area contributed by atoms with Crippen molar-refractivity contribution >= 4 is 11.0 Å². The highest BCUT2D eigenvalue weighted by Gasteiger charge is 2.19. The number of rotatable bonds is 4. The first-order valence-corrected chi connectivity index (χ1v) is 8.54. The Morgan fingerprint density at radius 3 is 2.29 bits per heavy atom. The molecule has 0 radical (unpaired) electrons. The number of aryl methyl sites for hydroxylation is 1. The highest BCUT2D eigenvalue weighted by atomic mass is 15.3. The van der Waals surface area contributed by atoms with Gasteiger partial charge >= 0.3 is 0 Å². The van der Waals surface area contributed by atoms with Crippen LogP contribution in [-0.4, -0.2) is 50.5 Å². The SMILES string of the molecule is Cn1c(CN2CCN(Cc3ccccn3)CC2)nc2ccccc21. The van der Waals surface area contributed by atoms with E-state index in [0.717, 1.165) is 56.3 Å². The summed E-state index contributed by atoms with van der Waals surface area (Å²) in [5.41, 5.74) is 3.45. The number of piperazine rings is 1. The van der Waals surface area contributed by atoms with Crippen molar-refractivity contribution in [3.63, 3.8) is 0 Å². The smallest absolute Gasteiger partial charge is 0.123 e. The zero-order chi connectivity index (χ0) is 16.4. The summed E-state index contributed by atoms with van der Waals surface area (Å²) >= 11 is 0. The summed E-state index contributed by atoms with van der Waals surface area (Å²) in [6.45, 7) is 6.19. The van der Waals surface area contributed by atoms with Crippen LogP contribution in [0.15, 0.2) is 48.7 Å². The van der Waals surface area contributed by atoms with Gasteiger partial charge in [0.05, 0.1) is 23.3 Å². The van der Waals surface area contributed by atoms with E-state index < -0.39 is 0 Å². The number of benzene rings is 1. The highest BCUT2D eigenvalue weighted by Crippen LogP contribution is 2.16. The lowest BCUT2D eigenvalue weighted by Crippen LogP contribution is -2.45. The minimum atomic E-state index is 0.919. The second-order valence-corrected chi connectivity index (χ2v) is 6.45. The van der Waals surface area contributed by atoms with E-state index >= 15 is 0 Å². The van der Waals surface area contributed by atoms with Crippen LogP contribution in [-0.2, 0) is 20.1 Å². The monoisotopic (exact) mass is 321 g/mol. The third-order valence-electron chi connectivity index (χ3n) is 4.82. The molecule has 124 valence electrons. The average molecular weight is 321 g/mol. The van der Waals surface area contributed by atoms with Gasteiger partial charge in [0.1, 0.15) is 5.82 Å². The number of hydrogen-bond donors (Lipinski definition) is 0. The van der Waals surface area contributed by atoms with E-state index in [-0.39, 0.29) is 0 Å². The number of para-hydroxylation sites is 2. The average Bonchev–Trinajstić information content (AvgIpc) is 2.94. The van der Waals surface area contributed by atoms with Gasteiger partial charge in [-0.1, -0.05) is 18.2 Å². The van der Waals surface area contributed by atoms with E-state index in [1.54, 1.807) is 0 Å². The molecular weight excluding hydrogens is 298 g/mol. The molecule has 0 N–H and O–H groups in total. The van der Waals surface area contributed by atoms with E-state index in [1.165, 1.54) is 5.52 Å². The second-order valence-electron chi connectivity index (χ2n) is 6.45. The van der Waals surface area contributed by atoms with Crippen molar-refractivity contribution in [1.29, 1.82) is 0 Å². The first kappa shape index (κ1) is 15.3. The van der Waals surface area contributed by atoms with Crippen LogP contribution in [0.4, 0.5) is 0 Å². The fourth-order valence-corrected chi connectivity index (χ4v) is 3.36. The normalized spacial score (nSPS) is 16.7. The van der Waals surface area contributed by atoms with Crippen LogP contribution in [0.2, 0.25) is 0 Å². The molecule has 1 aromatic carbocycles. The van der Waals surface area contributed by atoms with Crippen molar-refractivity contribution in [1.82, 2.24) is 24.3 Å². The molecule has 0 saturated carbocycles. The van der Waals surface area contributed by atoms with E-state index in [9.17, 15) is 0 Å². The lowest BCUT2D eigenvalue weighted by Gasteiger charge is -2.34. The standard InChI is InChI=1S/C19H23N5/c1-22-18-8-3-2-7-17(18)21-19(22)15-24-12-10-23(11-13-24)14-16-6-4-5-9-20-16/h2-9H,10-15H2,1H3. The Balaban J connectivity index is 1.36. The second kappa shape index (κ2) is 6.71. The third-order valence-corrected chi connectivity index (χ3v) is 4.82. The molecule has 0 spiro atoms. The fraction of sp³-hybridized carbons (Fsp3) is 0.368. The van der Waals surface area contributed by atoms with Crippen molar-refractivity contribution in [2.45, 2.75) is 13.1 Å². The van der Waals surface area contributed by atoms with Gasteiger partial charge in [-0.3, -0.25) is 14.8 Å². The molecule has 0 unspecified atom stereocenters. The maximum absolute atomic E-state index is 4.79. The topological polar surface area (TPSA) is 37.2 Å². The summed E-state index contributed by atoms with van der Waals surface area (Å²) in [5.74, 6) is 1.15. The molecule has 5 nitrogen and oxygen atoms in total. The molecule has 2 aromatic heterocycles. The Bertz CT molecular complexity index is 803. The molecule has 0 atom stereocenters. The number of fused-ring (bicyclic) bond motifs is 1. The molecule has 1 aliphatic rings. The zero-order valence-electron chi connectivity index (χ0n) is 14.1. The molecule has 0 amide bonds. The van der Waals surface area contributed by atoms with Gasteiger partial charge in [-0.25, -0.2) is 4.98 Å². The van der Waals surface area contributed by atoms with Crippen molar-refractivity contribution < 1.29 is 0 Å². The summed E-state index contributed by atoms with van der Waals surface area (Å²) in [7, 11) is 2.11. The first-order valence-electron chi connectivity index (χ1n) is 8.54. The van der Waals surface area contributed by atoms with Gasteiger partial charge in [0.25, 0.3) is 0 Å². The van der Waals surface area contributed by atoms with Gasteiger partial charge in [0.2, 0.25) is 0 Å². The minimum Gasteiger partial charge on any atom is -0.330 e. The molecule has 5 heteroatoms. The van der Waals surface area contributed by atoms with Gasteiger partial charge in [-0.15, -0.1) is 0 Å². The number of imidazole rings is 1. The Morgan fingerprint density at radius 1 is 0.875 bits per heavy atom. The van der Waals surface area contributed by atoms with E-state index in [1.807, 2.05) is 12.3 Å². The molecule has 3 heterocycles. The van der Waals surface area contributed by atoms with E-state index in [4.69, 9.17) is 4.98 Å². The number of hydrogen-bond acceptors (Lipinski definition) is 4.